The van der Waals surface area contributed by atoms with Crippen LogP contribution in [0.25, 0.3) is 0 Å². The average molecular weight is 354 g/mol. The van der Waals surface area contributed by atoms with Gasteiger partial charge in [0.1, 0.15) is 0 Å². The molecule has 0 spiro atoms. The van der Waals surface area contributed by atoms with Gasteiger partial charge in [0.15, 0.2) is 5.11 Å². The molecule has 7 heteroatoms. The lowest BCUT2D eigenvalue weighted by atomic mass is 10.2. The number of thiocarbonyl (C=S) groups is 1. The van der Waals surface area contributed by atoms with Crippen LogP contribution in [-0.4, -0.2) is 18.1 Å². The molecule has 0 saturated carbocycles. The molecule has 0 fully saturated rings. The fourth-order valence-electron chi connectivity index (χ4n) is 1.74. The van der Waals surface area contributed by atoms with Crippen molar-refractivity contribution in [2.45, 2.75) is 0 Å². The van der Waals surface area contributed by atoms with Crippen molar-refractivity contribution in [3.05, 3.63) is 58.1 Å². The number of carbonyl (C=O) groups is 1. The molecule has 0 aliphatic rings. The smallest absolute Gasteiger partial charge is 0.257 e. The lowest BCUT2D eigenvalue weighted by Crippen LogP contribution is -2.34. The van der Waals surface area contributed by atoms with Crippen molar-refractivity contribution in [2.75, 3.05) is 17.7 Å². The number of rotatable bonds is 3. The van der Waals surface area contributed by atoms with E-state index < -0.39 is 0 Å². The van der Waals surface area contributed by atoms with E-state index in [4.69, 9.17) is 35.4 Å². The van der Waals surface area contributed by atoms with E-state index in [0.717, 1.165) is 11.4 Å². The molecule has 0 aliphatic heterocycles. The average Bonchev–Trinajstić information content (AvgIpc) is 2.47. The van der Waals surface area contributed by atoms with E-state index >= 15 is 0 Å². The zero-order valence-electron chi connectivity index (χ0n) is 11.6. The monoisotopic (exact) mass is 353 g/mol. The second kappa shape index (κ2) is 7.45. The van der Waals surface area contributed by atoms with E-state index in [9.17, 15) is 4.79 Å². The predicted molar refractivity (Wildman–Crippen MR) is 96.1 cm³/mol. The number of carbonyl (C=O) groups excluding carboxylic acids is 1. The summed E-state index contributed by atoms with van der Waals surface area (Å²) in [6, 6.07) is 12.1. The van der Waals surface area contributed by atoms with Crippen molar-refractivity contribution in [2.24, 2.45) is 0 Å². The standard InChI is InChI=1S/C15H13Cl2N3OS/c1-18-12-2-4-13(5-3-12)19-15(22)20-14(21)9-6-10(16)8-11(17)7-9/h2-8,18H,1H3,(H2,19,20,21,22). The number of amides is 1. The topological polar surface area (TPSA) is 53.2 Å². The van der Waals surface area contributed by atoms with Crippen LogP contribution in [0.3, 0.4) is 0 Å². The number of halogens is 2. The van der Waals surface area contributed by atoms with Gasteiger partial charge < -0.3 is 10.6 Å². The van der Waals surface area contributed by atoms with Gasteiger partial charge in [-0.15, -0.1) is 0 Å². The van der Waals surface area contributed by atoms with Gasteiger partial charge in [-0.3, -0.25) is 10.1 Å². The summed E-state index contributed by atoms with van der Waals surface area (Å²) in [5, 5.41) is 9.49. The maximum Gasteiger partial charge on any atom is 0.257 e. The van der Waals surface area contributed by atoms with Crippen LogP contribution in [-0.2, 0) is 0 Å². The molecule has 0 aromatic heterocycles. The third-order valence-electron chi connectivity index (χ3n) is 2.78. The largest absolute Gasteiger partial charge is 0.388 e. The first-order valence-electron chi connectivity index (χ1n) is 6.34. The Morgan fingerprint density at radius 2 is 1.55 bits per heavy atom. The molecular weight excluding hydrogens is 341 g/mol. The molecule has 2 rings (SSSR count). The molecule has 114 valence electrons. The minimum atomic E-state index is -0.381. The minimum Gasteiger partial charge on any atom is -0.388 e. The van der Waals surface area contributed by atoms with Crippen molar-refractivity contribution in [1.29, 1.82) is 0 Å². The molecule has 2 aromatic rings. The van der Waals surface area contributed by atoms with Crippen molar-refractivity contribution >= 4 is 57.8 Å². The fourth-order valence-corrected chi connectivity index (χ4v) is 2.48. The fraction of sp³-hybridized carbons (Fsp3) is 0.0667. The molecule has 4 nitrogen and oxygen atoms in total. The first kappa shape index (κ1) is 16.5. The normalized spacial score (nSPS) is 9.95. The van der Waals surface area contributed by atoms with E-state index in [0.29, 0.717) is 15.6 Å². The first-order valence-corrected chi connectivity index (χ1v) is 7.50. The molecule has 3 N–H and O–H groups in total. The van der Waals surface area contributed by atoms with E-state index in [1.165, 1.54) is 12.1 Å². The van der Waals surface area contributed by atoms with Gasteiger partial charge in [0.05, 0.1) is 0 Å². The van der Waals surface area contributed by atoms with Crippen LogP contribution in [0.1, 0.15) is 10.4 Å². The summed E-state index contributed by atoms with van der Waals surface area (Å²) in [4.78, 5) is 12.1. The maximum absolute atomic E-state index is 12.1. The number of nitrogens with one attached hydrogen (secondary N) is 3. The van der Waals surface area contributed by atoms with Crippen LogP contribution >= 0.6 is 35.4 Å². The molecule has 0 unspecified atom stereocenters. The quantitative estimate of drug-likeness (QED) is 0.725. The molecule has 0 aliphatic carbocycles. The molecule has 2 aromatic carbocycles. The maximum atomic E-state index is 12.1. The van der Waals surface area contributed by atoms with Gasteiger partial charge in [-0.05, 0) is 54.7 Å². The van der Waals surface area contributed by atoms with Gasteiger partial charge in [-0.2, -0.15) is 0 Å². The Balaban J connectivity index is 2.00. The Hall–Kier alpha value is -1.82. The molecule has 0 atom stereocenters. The van der Waals surface area contributed by atoms with Crippen molar-refractivity contribution in [1.82, 2.24) is 5.32 Å². The Labute approximate surface area is 143 Å². The molecule has 0 saturated heterocycles. The number of hydrogen-bond donors (Lipinski definition) is 3. The zero-order chi connectivity index (χ0) is 16.1. The van der Waals surface area contributed by atoms with Crippen LogP contribution in [0.2, 0.25) is 10.0 Å². The van der Waals surface area contributed by atoms with E-state index in [-0.39, 0.29) is 11.0 Å². The van der Waals surface area contributed by atoms with Crippen LogP contribution in [0.5, 0.6) is 0 Å². The second-order valence-electron chi connectivity index (χ2n) is 4.39. The number of anilines is 2. The van der Waals surface area contributed by atoms with Gasteiger partial charge in [0.2, 0.25) is 0 Å². The van der Waals surface area contributed by atoms with Crippen molar-refractivity contribution in [3.63, 3.8) is 0 Å². The Morgan fingerprint density at radius 3 is 2.09 bits per heavy atom. The van der Waals surface area contributed by atoms with Crippen molar-refractivity contribution in [3.8, 4) is 0 Å². The van der Waals surface area contributed by atoms with Gasteiger partial charge >= 0.3 is 0 Å². The molecule has 0 radical (unpaired) electrons. The van der Waals surface area contributed by atoms with Crippen molar-refractivity contribution < 1.29 is 4.79 Å². The van der Waals surface area contributed by atoms with Crippen LogP contribution in [0.4, 0.5) is 11.4 Å². The summed E-state index contributed by atoms with van der Waals surface area (Å²) in [5.41, 5.74) is 2.09. The van der Waals surface area contributed by atoms with Gasteiger partial charge in [-0.25, -0.2) is 0 Å². The lowest BCUT2D eigenvalue weighted by molar-refractivity contribution is 0.0977. The Bertz CT molecular complexity index is 684. The van der Waals surface area contributed by atoms with E-state index in [1.807, 2.05) is 31.3 Å². The Morgan fingerprint density at radius 1 is 1.00 bits per heavy atom. The highest BCUT2D eigenvalue weighted by Crippen LogP contribution is 2.19. The summed E-state index contributed by atoms with van der Waals surface area (Å²) in [5.74, 6) is -0.381. The second-order valence-corrected chi connectivity index (χ2v) is 5.67. The summed E-state index contributed by atoms with van der Waals surface area (Å²) in [6.45, 7) is 0. The highest BCUT2D eigenvalue weighted by Gasteiger charge is 2.10. The summed E-state index contributed by atoms with van der Waals surface area (Å²) >= 11 is 16.9. The van der Waals surface area contributed by atoms with Crippen LogP contribution in [0, 0.1) is 0 Å². The minimum absolute atomic E-state index is 0.193. The molecule has 0 bridgehead atoms. The first-order chi connectivity index (χ1) is 10.5. The van der Waals surface area contributed by atoms with E-state index in [1.54, 1.807) is 6.07 Å². The van der Waals surface area contributed by atoms with Gasteiger partial charge in [0.25, 0.3) is 5.91 Å². The summed E-state index contributed by atoms with van der Waals surface area (Å²) < 4.78 is 0. The van der Waals surface area contributed by atoms with E-state index in [2.05, 4.69) is 16.0 Å². The molecule has 0 heterocycles. The molecule has 22 heavy (non-hydrogen) atoms. The highest BCUT2D eigenvalue weighted by molar-refractivity contribution is 7.80. The third-order valence-corrected chi connectivity index (χ3v) is 3.42. The van der Waals surface area contributed by atoms with Gasteiger partial charge in [-0.1, -0.05) is 23.2 Å². The van der Waals surface area contributed by atoms with Gasteiger partial charge in [0, 0.05) is 34.0 Å². The number of benzene rings is 2. The summed E-state index contributed by atoms with van der Waals surface area (Å²) in [6.07, 6.45) is 0. The summed E-state index contributed by atoms with van der Waals surface area (Å²) in [7, 11) is 1.84. The highest BCUT2D eigenvalue weighted by atomic mass is 35.5. The predicted octanol–water partition coefficient (Wildman–Crippen LogP) is 4.16. The van der Waals surface area contributed by atoms with Crippen LogP contribution in [0.15, 0.2) is 42.5 Å². The van der Waals surface area contributed by atoms with Crippen LogP contribution < -0.4 is 16.0 Å². The zero-order valence-corrected chi connectivity index (χ0v) is 13.9. The number of hydrogen-bond acceptors (Lipinski definition) is 3. The molecular formula is C15H13Cl2N3OS. The lowest BCUT2D eigenvalue weighted by Gasteiger charge is -2.10. The molecule has 1 amide bonds. The SMILES string of the molecule is CNc1ccc(NC(=S)NC(=O)c2cc(Cl)cc(Cl)c2)cc1. The Kier molecular flexibility index (Phi) is 5.60. The third kappa shape index (κ3) is 4.59.